The van der Waals surface area contributed by atoms with Crippen LogP contribution in [0.3, 0.4) is 0 Å². The smallest absolute Gasteiger partial charge is 0.318 e. The number of hydrogen-bond acceptors (Lipinski definition) is 2. The van der Waals surface area contributed by atoms with Gasteiger partial charge in [-0.15, -0.1) is 0 Å². The zero-order valence-corrected chi connectivity index (χ0v) is 38.2. The van der Waals surface area contributed by atoms with Crippen molar-refractivity contribution in [1.29, 1.82) is 0 Å². The Hall–Kier alpha value is -8.17. The van der Waals surface area contributed by atoms with E-state index in [1.807, 2.05) is 0 Å². The van der Waals surface area contributed by atoms with Crippen LogP contribution in [0.4, 0.5) is 11.4 Å². The molecule has 12 aromatic rings. The van der Waals surface area contributed by atoms with Crippen molar-refractivity contribution in [2.45, 2.75) is 0 Å². The molecule has 10 aromatic carbocycles. The second-order valence-corrected chi connectivity index (χ2v) is 24.9. The van der Waals surface area contributed by atoms with Gasteiger partial charge in [0, 0.05) is 44.3 Å². The maximum absolute atomic E-state index is 3.27. The molecule has 0 bridgehead atoms. The van der Waals surface area contributed by atoms with Crippen molar-refractivity contribution in [2.75, 3.05) is 8.46 Å². The van der Waals surface area contributed by atoms with Crippen molar-refractivity contribution in [3.05, 3.63) is 267 Å². The summed E-state index contributed by atoms with van der Waals surface area (Å²) in [5.74, 6) is 0. The number of anilines is 2. The molecule has 0 spiro atoms. The van der Waals surface area contributed by atoms with Gasteiger partial charge >= 0.3 is 16.8 Å². The summed E-state index contributed by atoms with van der Waals surface area (Å²) in [5.41, 5.74) is 9.53. The van der Waals surface area contributed by atoms with E-state index in [1.165, 1.54) is 75.7 Å². The lowest BCUT2D eigenvalue weighted by atomic mass is 10.1. The maximum atomic E-state index is 3.00. The first kappa shape index (κ1) is 38.3. The van der Waals surface area contributed by atoms with Crippen LogP contribution in [0.5, 0.6) is 0 Å². The van der Waals surface area contributed by atoms with Crippen molar-refractivity contribution in [3.63, 3.8) is 0 Å². The number of aromatic nitrogens is 2. The van der Waals surface area contributed by atoms with Crippen LogP contribution in [0.25, 0.3) is 55.0 Å². The fourth-order valence-electron chi connectivity index (χ4n) is 11.3. The van der Waals surface area contributed by atoms with E-state index in [2.05, 4.69) is 285 Å². The predicted molar refractivity (Wildman–Crippen MR) is 282 cm³/mol. The third-order valence-electron chi connectivity index (χ3n) is 13.9. The van der Waals surface area contributed by atoms with Crippen LogP contribution in [0, 0.1) is 0 Å². The van der Waals surface area contributed by atoms with Crippen LogP contribution in [-0.2, 0) is 0 Å². The van der Waals surface area contributed by atoms with Crippen LogP contribution in [-0.4, -0.2) is 25.9 Å². The molecule has 0 amide bonds. The lowest BCUT2D eigenvalue weighted by Crippen LogP contribution is -3.07. The molecule has 4 nitrogen and oxygen atoms in total. The molecule has 0 aliphatic carbocycles. The summed E-state index contributed by atoms with van der Waals surface area (Å²) < 4.78 is 10.9. The maximum Gasteiger partial charge on any atom is 0.318 e. The highest BCUT2D eigenvalue weighted by atomic mass is 28.5. The Kier molecular flexibility index (Phi) is 8.84. The Balaban J connectivity index is 1.20. The number of fused-ring (bicyclic) bond motifs is 6. The molecule has 66 heavy (non-hydrogen) atoms. The van der Waals surface area contributed by atoms with Crippen LogP contribution in [0.15, 0.2) is 267 Å². The Bertz CT molecular complexity index is 3370. The lowest BCUT2D eigenvalue weighted by Gasteiger charge is -2.73. The van der Waals surface area contributed by atoms with Gasteiger partial charge in [0.05, 0.1) is 22.1 Å². The summed E-state index contributed by atoms with van der Waals surface area (Å²) in [6.45, 7) is 0. The summed E-state index contributed by atoms with van der Waals surface area (Å²) in [6, 6.07) is 99.8. The standard InChI is InChI=1S/C60H44N4Si2/c1-7-23-45(24-8-1)61-57-37-21-19-35-53(57)55-41-39-47(43-59(55)61)63-65(49-27-11-3-12-28-49,50-29-13-4-14-30-50)64(66(63,51-31-15-5-16-32-51)52-33-17-6-18-34-52)48-40-42-56-54-36-20-22-38-58(54)62(60(56)44-48)46-25-9-2-10-26-46/h1-44H. The Labute approximate surface area is 386 Å². The van der Waals surface area contributed by atoms with Gasteiger partial charge in [-0.1, -0.05) is 206 Å². The molecule has 13 rings (SSSR count). The van der Waals surface area contributed by atoms with Gasteiger partial charge < -0.3 is 17.6 Å². The number of hydrogen-bond donors (Lipinski definition) is 0. The van der Waals surface area contributed by atoms with E-state index in [9.17, 15) is 0 Å². The molecule has 3 heterocycles. The van der Waals surface area contributed by atoms with E-state index in [4.69, 9.17) is 0 Å². The van der Waals surface area contributed by atoms with Crippen molar-refractivity contribution in [2.24, 2.45) is 0 Å². The molecule has 0 saturated carbocycles. The molecule has 1 aliphatic rings. The summed E-state index contributed by atoms with van der Waals surface area (Å²) in [7, 11) is -6.55. The number of nitrogens with zero attached hydrogens (tertiary/aromatic N) is 4. The molecule has 0 radical (unpaired) electrons. The van der Waals surface area contributed by atoms with E-state index in [0.29, 0.717) is 0 Å². The van der Waals surface area contributed by atoms with Crippen molar-refractivity contribution >= 4 is 92.5 Å². The van der Waals surface area contributed by atoms with Crippen LogP contribution >= 0.6 is 0 Å². The highest BCUT2D eigenvalue weighted by Gasteiger charge is 2.75. The van der Waals surface area contributed by atoms with Crippen LogP contribution in [0.2, 0.25) is 0 Å². The minimum absolute atomic E-state index is 1.15. The largest absolute Gasteiger partial charge is 0.378 e. The van der Waals surface area contributed by atoms with Gasteiger partial charge in [-0.25, -0.2) is 0 Å². The summed E-state index contributed by atoms with van der Waals surface area (Å²) in [5, 5.41) is 10.3. The van der Waals surface area contributed by atoms with E-state index in [1.54, 1.807) is 0 Å². The Morgan fingerprint density at radius 3 is 0.818 bits per heavy atom. The SMILES string of the molecule is c1ccc(-n2c3ccccc3c3ccc(N4[Si](c5ccccc5)(c5ccccc5)N(c5ccc6c7ccccc7n(-c7ccccc7)c6c5)[Si]4(c4ccccc4)c4ccccc4)cc32)cc1. The summed E-state index contributed by atoms with van der Waals surface area (Å²) in [6.07, 6.45) is 0. The first-order chi connectivity index (χ1) is 32.8. The lowest BCUT2D eigenvalue weighted by molar-refractivity contribution is 1.17. The van der Waals surface area contributed by atoms with E-state index < -0.39 is 16.8 Å². The average Bonchev–Trinajstić information content (AvgIpc) is 3.90. The third-order valence-corrected chi connectivity index (χ3v) is 25.9. The molecule has 1 aliphatic heterocycles. The predicted octanol–water partition coefficient (Wildman–Crippen LogP) is 11.7. The second-order valence-electron chi connectivity index (χ2n) is 17.3. The van der Waals surface area contributed by atoms with Gasteiger partial charge in [0.2, 0.25) is 0 Å². The zero-order valence-electron chi connectivity index (χ0n) is 36.2. The first-order valence-corrected chi connectivity index (χ1v) is 26.6. The summed E-state index contributed by atoms with van der Waals surface area (Å²) in [4.78, 5) is 0. The van der Waals surface area contributed by atoms with Crippen molar-refractivity contribution < 1.29 is 0 Å². The second kappa shape index (κ2) is 15.2. The zero-order chi connectivity index (χ0) is 43.7. The molecule has 1 saturated heterocycles. The molecular formula is C60H44N4Si2. The minimum Gasteiger partial charge on any atom is -0.378 e. The molecule has 312 valence electrons. The Morgan fingerprint density at radius 2 is 0.485 bits per heavy atom. The fraction of sp³-hybridized carbons (Fsp3) is 0. The first-order valence-electron chi connectivity index (χ1n) is 22.8. The Morgan fingerprint density at radius 1 is 0.212 bits per heavy atom. The number of para-hydroxylation sites is 4. The molecule has 1 fully saturated rings. The number of rotatable bonds is 8. The van der Waals surface area contributed by atoms with Gasteiger partial charge in [-0.05, 0) is 81.4 Å². The van der Waals surface area contributed by atoms with Crippen LogP contribution < -0.4 is 29.2 Å². The average molecular weight is 877 g/mol. The molecular weight excluding hydrogens is 833 g/mol. The number of benzene rings is 10. The molecule has 0 atom stereocenters. The van der Waals surface area contributed by atoms with E-state index in [0.717, 1.165) is 11.4 Å². The van der Waals surface area contributed by atoms with E-state index >= 15 is 0 Å². The van der Waals surface area contributed by atoms with Gasteiger partial charge in [0.15, 0.2) is 0 Å². The van der Waals surface area contributed by atoms with Gasteiger partial charge in [-0.2, -0.15) is 0 Å². The highest BCUT2D eigenvalue weighted by Crippen LogP contribution is 2.48. The van der Waals surface area contributed by atoms with Gasteiger partial charge in [-0.3, -0.25) is 0 Å². The van der Waals surface area contributed by atoms with Crippen molar-refractivity contribution in [3.8, 4) is 11.4 Å². The summed E-state index contributed by atoms with van der Waals surface area (Å²) >= 11 is 0. The monoisotopic (exact) mass is 876 g/mol. The van der Waals surface area contributed by atoms with Crippen molar-refractivity contribution in [1.82, 2.24) is 9.13 Å². The third kappa shape index (κ3) is 5.43. The highest BCUT2D eigenvalue weighted by molar-refractivity contribution is 7.38. The molecule has 2 aromatic heterocycles. The molecule has 0 N–H and O–H groups in total. The van der Waals surface area contributed by atoms with E-state index in [-0.39, 0.29) is 0 Å². The van der Waals surface area contributed by atoms with Gasteiger partial charge in [0.1, 0.15) is 0 Å². The fourth-order valence-corrected chi connectivity index (χ4v) is 26.5. The molecule has 6 heteroatoms. The minimum atomic E-state index is -3.27. The normalized spacial score (nSPS) is 14.2. The molecule has 0 unspecified atom stereocenters. The topological polar surface area (TPSA) is 16.3 Å². The van der Waals surface area contributed by atoms with Crippen LogP contribution in [0.1, 0.15) is 0 Å². The van der Waals surface area contributed by atoms with Gasteiger partial charge in [0.25, 0.3) is 0 Å². The quantitative estimate of drug-likeness (QED) is 0.141.